The van der Waals surface area contributed by atoms with E-state index in [1.165, 1.54) is 0 Å². The van der Waals surface area contributed by atoms with Gasteiger partial charge in [0.15, 0.2) is 0 Å². The molecule has 3 rings (SSSR count). The Morgan fingerprint density at radius 2 is 2.00 bits per heavy atom. The highest BCUT2D eigenvalue weighted by Gasteiger charge is 2.41. The molecule has 1 aromatic rings. The van der Waals surface area contributed by atoms with Gasteiger partial charge in [-0.25, -0.2) is 10.9 Å². The summed E-state index contributed by atoms with van der Waals surface area (Å²) in [4.78, 5) is 11.7. The summed E-state index contributed by atoms with van der Waals surface area (Å²) in [6, 6.07) is 7.18. The first-order valence-electron chi connectivity index (χ1n) is 7.48. The number of ether oxygens (including phenoxy) is 2. The molecule has 0 radical (unpaired) electrons. The molecule has 1 saturated heterocycles. The van der Waals surface area contributed by atoms with E-state index in [1.54, 1.807) is 12.1 Å². The third-order valence-corrected chi connectivity index (χ3v) is 6.50. The third kappa shape index (κ3) is 3.91. The first kappa shape index (κ1) is 16.4. The lowest BCUT2D eigenvalue weighted by Crippen LogP contribution is -2.39. The molecule has 23 heavy (non-hydrogen) atoms. The van der Waals surface area contributed by atoms with Gasteiger partial charge >= 0.3 is 5.97 Å². The van der Waals surface area contributed by atoms with Gasteiger partial charge in [0.1, 0.15) is 11.5 Å². The van der Waals surface area contributed by atoms with Crippen LogP contribution in [0.1, 0.15) is 12.8 Å². The molecule has 2 aliphatic heterocycles. The van der Waals surface area contributed by atoms with Crippen LogP contribution in [0.5, 0.6) is 5.75 Å². The Morgan fingerprint density at radius 1 is 1.30 bits per heavy atom. The highest BCUT2D eigenvalue weighted by molar-refractivity contribution is 8.22. The van der Waals surface area contributed by atoms with E-state index in [0.29, 0.717) is 36.8 Å². The Kier molecular flexibility index (Phi) is 4.99. The van der Waals surface area contributed by atoms with Crippen LogP contribution in [0.2, 0.25) is 5.02 Å². The number of carboxylic acids is 1. The van der Waals surface area contributed by atoms with Gasteiger partial charge in [-0.15, -0.1) is 0 Å². The van der Waals surface area contributed by atoms with Crippen LogP contribution < -0.4 is 4.74 Å². The topological polar surface area (TPSA) is 55.8 Å². The van der Waals surface area contributed by atoms with Crippen molar-refractivity contribution in [3.05, 3.63) is 51.9 Å². The molecular formula is C17H19ClO4S. The molecule has 1 atom stereocenters. The molecular weight excluding hydrogens is 336 g/mol. The van der Waals surface area contributed by atoms with Crippen molar-refractivity contribution in [2.75, 3.05) is 19.0 Å². The van der Waals surface area contributed by atoms with Gasteiger partial charge in [-0.05, 0) is 59.8 Å². The molecule has 1 fully saturated rings. The number of hydrogen-bond acceptors (Lipinski definition) is 3. The largest absolute Gasteiger partial charge is 0.481 e. The highest BCUT2D eigenvalue weighted by Crippen LogP contribution is 2.45. The second kappa shape index (κ2) is 6.99. The van der Waals surface area contributed by atoms with Crippen LogP contribution in [0.25, 0.3) is 0 Å². The van der Waals surface area contributed by atoms with Crippen molar-refractivity contribution in [1.82, 2.24) is 0 Å². The van der Waals surface area contributed by atoms with Crippen molar-refractivity contribution in [2.24, 2.45) is 5.41 Å². The van der Waals surface area contributed by atoms with Crippen molar-refractivity contribution in [3.63, 3.8) is 0 Å². The van der Waals surface area contributed by atoms with E-state index in [4.69, 9.17) is 21.1 Å². The maximum atomic E-state index is 11.7. The van der Waals surface area contributed by atoms with Crippen molar-refractivity contribution in [1.29, 1.82) is 0 Å². The Bertz CT molecular complexity index is 632. The summed E-state index contributed by atoms with van der Waals surface area (Å²) in [5, 5.41) is 14.4. The number of aliphatic carboxylic acids is 1. The van der Waals surface area contributed by atoms with E-state index in [2.05, 4.69) is 5.41 Å². The normalized spacial score (nSPS) is 24.2. The van der Waals surface area contributed by atoms with Gasteiger partial charge in [-0.3, -0.25) is 4.79 Å². The van der Waals surface area contributed by atoms with Crippen molar-refractivity contribution in [3.8, 4) is 5.75 Å². The quantitative estimate of drug-likeness (QED) is 0.785. The second-order valence-corrected chi connectivity index (χ2v) is 8.11. The second-order valence-electron chi connectivity index (χ2n) is 5.77. The SMILES string of the molecule is O=C(O)C1(C[SH]2C=CC(Oc3ccc(Cl)cc3)=C2)CCOCC1. The van der Waals surface area contributed by atoms with Crippen LogP contribution in [0.3, 0.4) is 0 Å². The lowest BCUT2D eigenvalue weighted by Gasteiger charge is -2.35. The standard InChI is InChI=1S/C17H19ClO4S/c18-13-1-3-14(4-2-13)22-15-5-10-23(11-15)12-17(16(19)20)6-8-21-9-7-17/h1-5,10-11,23H,6-9,12H2,(H,19,20). The maximum Gasteiger partial charge on any atom is 0.310 e. The Labute approximate surface area is 143 Å². The van der Waals surface area contributed by atoms with E-state index in [0.717, 1.165) is 11.5 Å². The first-order chi connectivity index (χ1) is 11.1. The van der Waals surface area contributed by atoms with E-state index < -0.39 is 22.3 Å². The highest BCUT2D eigenvalue weighted by atomic mass is 35.5. The molecule has 0 aliphatic carbocycles. The number of carboxylic acid groups (broad SMARTS) is 1. The van der Waals surface area contributed by atoms with Crippen LogP contribution in [0, 0.1) is 5.41 Å². The van der Waals surface area contributed by atoms with Crippen LogP contribution in [0.4, 0.5) is 0 Å². The zero-order valence-electron chi connectivity index (χ0n) is 12.6. The van der Waals surface area contributed by atoms with Gasteiger partial charge in [0.25, 0.3) is 0 Å². The van der Waals surface area contributed by atoms with Crippen LogP contribution in [-0.2, 0) is 9.53 Å². The average molecular weight is 355 g/mol. The molecule has 1 N–H and O–H groups in total. The van der Waals surface area contributed by atoms with Crippen LogP contribution in [-0.4, -0.2) is 30.0 Å². The fraction of sp³-hybridized carbons (Fsp3) is 0.353. The van der Waals surface area contributed by atoms with Crippen molar-refractivity contribution < 1.29 is 19.4 Å². The Balaban J connectivity index is 1.66. The number of halogens is 1. The number of hydrogen-bond donors (Lipinski definition) is 2. The average Bonchev–Trinajstić information content (AvgIpc) is 2.97. The molecule has 1 aromatic carbocycles. The number of carbonyl (C=O) groups is 1. The molecule has 0 amide bonds. The summed E-state index contributed by atoms with van der Waals surface area (Å²) in [6.07, 6.45) is 3.08. The van der Waals surface area contributed by atoms with E-state index in [1.807, 2.05) is 23.6 Å². The minimum absolute atomic E-state index is 0.525. The van der Waals surface area contributed by atoms with E-state index in [-0.39, 0.29) is 0 Å². The summed E-state index contributed by atoms with van der Waals surface area (Å²) in [6.45, 7) is 1.05. The molecule has 4 nitrogen and oxygen atoms in total. The molecule has 1 unspecified atom stereocenters. The van der Waals surface area contributed by atoms with Crippen molar-refractivity contribution in [2.45, 2.75) is 12.8 Å². The number of thiol groups is 1. The number of benzene rings is 1. The predicted octanol–water partition coefficient (Wildman–Crippen LogP) is 3.97. The molecule has 2 aliphatic rings. The summed E-state index contributed by atoms with van der Waals surface area (Å²) >= 11 is 5.86. The van der Waals surface area contributed by atoms with Crippen LogP contribution in [0.15, 0.2) is 46.9 Å². The lowest BCUT2D eigenvalue weighted by molar-refractivity contribution is -0.152. The predicted molar refractivity (Wildman–Crippen MR) is 93.3 cm³/mol. The Morgan fingerprint density at radius 3 is 2.65 bits per heavy atom. The number of allylic oxidation sites excluding steroid dienone is 1. The monoisotopic (exact) mass is 354 g/mol. The van der Waals surface area contributed by atoms with Gasteiger partial charge in [0.2, 0.25) is 0 Å². The molecule has 0 spiro atoms. The minimum Gasteiger partial charge on any atom is -0.481 e. The van der Waals surface area contributed by atoms with E-state index in [9.17, 15) is 9.90 Å². The minimum atomic E-state index is -0.711. The zero-order chi connectivity index (χ0) is 16.3. The van der Waals surface area contributed by atoms with Crippen LogP contribution >= 0.6 is 22.5 Å². The van der Waals surface area contributed by atoms with E-state index >= 15 is 0 Å². The summed E-state index contributed by atoms with van der Waals surface area (Å²) < 4.78 is 11.1. The van der Waals surface area contributed by atoms with Gasteiger partial charge in [-0.2, -0.15) is 0 Å². The smallest absolute Gasteiger partial charge is 0.310 e. The number of rotatable bonds is 5. The molecule has 0 saturated carbocycles. The molecule has 6 heteroatoms. The van der Waals surface area contributed by atoms with Gasteiger partial charge in [0.05, 0.1) is 5.41 Å². The zero-order valence-corrected chi connectivity index (χ0v) is 14.2. The van der Waals surface area contributed by atoms with Gasteiger partial charge in [0, 0.05) is 18.2 Å². The molecule has 0 aromatic heterocycles. The maximum absolute atomic E-state index is 11.7. The lowest BCUT2D eigenvalue weighted by atomic mass is 9.82. The molecule has 2 heterocycles. The van der Waals surface area contributed by atoms with Gasteiger partial charge < -0.3 is 14.6 Å². The summed E-state index contributed by atoms with van der Waals surface area (Å²) in [5.74, 6) is 1.43. The Hall–Kier alpha value is -1.43. The molecule has 0 bridgehead atoms. The molecule has 124 valence electrons. The fourth-order valence-electron chi connectivity index (χ4n) is 2.77. The van der Waals surface area contributed by atoms with Gasteiger partial charge in [-0.1, -0.05) is 11.6 Å². The summed E-state index contributed by atoms with van der Waals surface area (Å²) in [5.41, 5.74) is -0.666. The third-order valence-electron chi connectivity index (χ3n) is 4.16. The van der Waals surface area contributed by atoms with Crippen molar-refractivity contribution >= 4 is 28.5 Å². The fourth-order valence-corrected chi connectivity index (χ4v) is 5.13. The summed E-state index contributed by atoms with van der Waals surface area (Å²) in [7, 11) is -0.621. The first-order valence-corrected chi connectivity index (χ1v) is 9.52.